The molecule has 1 aliphatic heterocycles. The number of carbonyl (C=O) groups excluding carboxylic acids is 2. The number of ketones is 1. The molecule has 7 nitrogen and oxygen atoms in total. The number of allylic oxidation sites excluding steroid dienone is 1. The number of rotatable bonds is 4. The highest BCUT2D eigenvalue weighted by molar-refractivity contribution is 6.02. The number of piperazine rings is 1. The second kappa shape index (κ2) is 8.36. The summed E-state index contributed by atoms with van der Waals surface area (Å²) in [5.41, 5.74) is 5.34. The van der Waals surface area contributed by atoms with E-state index in [1.807, 2.05) is 25.3 Å². The highest BCUT2D eigenvalue weighted by Crippen LogP contribution is 2.27. The highest BCUT2D eigenvalue weighted by atomic mass is 16.1. The van der Waals surface area contributed by atoms with Crippen molar-refractivity contribution in [3.05, 3.63) is 58.7 Å². The monoisotopic (exact) mass is 405 g/mol. The van der Waals surface area contributed by atoms with Gasteiger partial charge in [0.05, 0.1) is 17.6 Å². The molecule has 4 rings (SSSR count). The van der Waals surface area contributed by atoms with E-state index in [2.05, 4.69) is 38.1 Å². The molecule has 1 N–H and O–H groups in total. The maximum atomic E-state index is 12.0. The summed E-state index contributed by atoms with van der Waals surface area (Å²) in [6.45, 7) is 7.68. The number of hydrogen-bond donors (Lipinski definition) is 1. The summed E-state index contributed by atoms with van der Waals surface area (Å²) in [6, 6.07) is 6.10. The lowest BCUT2D eigenvalue weighted by Crippen LogP contribution is -2.47. The lowest BCUT2D eigenvalue weighted by Gasteiger charge is -2.39. The molecule has 2 aromatic rings. The Morgan fingerprint density at radius 1 is 1.13 bits per heavy atom. The van der Waals surface area contributed by atoms with Crippen molar-refractivity contribution < 1.29 is 9.59 Å². The molecule has 1 saturated heterocycles. The van der Waals surface area contributed by atoms with Gasteiger partial charge < -0.3 is 10.2 Å². The van der Waals surface area contributed by atoms with Gasteiger partial charge in [-0.25, -0.2) is 4.98 Å². The number of anilines is 1. The van der Waals surface area contributed by atoms with Gasteiger partial charge in [0.15, 0.2) is 5.78 Å². The minimum absolute atomic E-state index is 0.175. The first kappa shape index (κ1) is 20.2. The number of amides is 1. The van der Waals surface area contributed by atoms with Crippen molar-refractivity contribution in [2.75, 3.05) is 38.1 Å². The molecule has 30 heavy (non-hydrogen) atoms. The van der Waals surface area contributed by atoms with Crippen LogP contribution in [0.1, 0.15) is 47.2 Å². The van der Waals surface area contributed by atoms with E-state index in [1.54, 1.807) is 19.3 Å². The number of carbonyl (C=O) groups is 2. The van der Waals surface area contributed by atoms with Crippen LogP contribution in [0, 0.1) is 0 Å². The van der Waals surface area contributed by atoms with Crippen molar-refractivity contribution in [1.29, 1.82) is 0 Å². The predicted octanol–water partition coefficient (Wildman–Crippen LogP) is 2.25. The molecule has 2 aliphatic rings. The maximum absolute atomic E-state index is 12.0. The summed E-state index contributed by atoms with van der Waals surface area (Å²) in [7, 11) is 1.60. The van der Waals surface area contributed by atoms with Gasteiger partial charge in [-0.2, -0.15) is 0 Å². The van der Waals surface area contributed by atoms with Crippen molar-refractivity contribution in [1.82, 2.24) is 20.2 Å². The fourth-order valence-electron chi connectivity index (χ4n) is 4.05. The van der Waals surface area contributed by atoms with Crippen LogP contribution in [0.2, 0.25) is 0 Å². The van der Waals surface area contributed by atoms with Crippen LogP contribution in [0.4, 0.5) is 5.69 Å². The van der Waals surface area contributed by atoms with Gasteiger partial charge >= 0.3 is 0 Å². The van der Waals surface area contributed by atoms with Crippen molar-refractivity contribution in [3.8, 4) is 0 Å². The summed E-state index contributed by atoms with van der Waals surface area (Å²) in [6.07, 6.45) is 6.04. The zero-order chi connectivity index (χ0) is 21.3. The van der Waals surface area contributed by atoms with Crippen molar-refractivity contribution in [2.45, 2.75) is 26.3 Å². The number of aromatic nitrogens is 2. The lowest BCUT2D eigenvalue weighted by molar-refractivity contribution is -0.114. The van der Waals surface area contributed by atoms with Crippen LogP contribution in [-0.2, 0) is 11.2 Å². The van der Waals surface area contributed by atoms with E-state index >= 15 is 0 Å². The van der Waals surface area contributed by atoms with E-state index in [4.69, 9.17) is 0 Å². The predicted molar refractivity (Wildman–Crippen MR) is 116 cm³/mol. The summed E-state index contributed by atoms with van der Waals surface area (Å²) < 4.78 is 0. The Labute approximate surface area is 176 Å². The van der Waals surface area contributed by atoms with E-state index in [0.29, 0.717) is 12.1 Å². The molecular formula is C23H27N5O2. The van der Waals surface area contributed by atoms with E-state index in [9.17, 15) is 9.59 Å². The third-order valence-corrected chi connectivity index (χ3v) is 6.08. The molecule has 3 heterocycles. The molecule has 7 heteroatoms. The van der Waals surface area contributed by atoms with Gasteiger partial charge in [-0.1, -0.05) is 6.07 Å². The van der Waals surface area contributed by atoms with Crippen LogP contribution in [-0.4, -0.2) is 59.8 Å². The van der Waals surface area contributed by atoms with Gasteiger partial charge in [-0.15, -0.1) is 0 Å². The smallest absolute Gasteiger partial charge is 0.269 e. The summed E-state index contributed by atoms with van der Waals surface area (Å²) in [4.78, 5) is 37.3. The molecule has 0 radical (unpaired) electrons. The molecule has 0 saturated carbocycles. The SMILES string of the molecule is CNC(=O)c1ccc(N2CCN([C@@H](C)c3cnc4c(c3)CC(=O)C(C)=C4)CC2)cn1. The molecular weight excluding hydrogens is 378 g/mol. The van der Waals surface area contributed by atoms with Gasteiger partial charge in [0, 0.05) is 51.9 Å². The first-order valence-corrected chi connectivity index (χ1v) is 10.3. The van der Waals surface area contributed by atoms with Gasteiger partial charge in [0.25, 0.3) is 5.91 Å². The third-order valence-electron chi connectivity index (χ3n) is 6.08. The normalized spacial score (nSPS) is 17.9. The van der Waals surface area contributed by atoms with Crippen molar-refractivity contribution >= 4 is 23.5 Å². The molecule has 2 aromatic heterocycles. The molecule has 1 amide bonds. The summed E-state index contributed by atoms with van der Waals surface area (Å²) in [5.74, 6) is 0.00460. The van der Waals surface area contributed by atoms with Crippen LogP contribution in [0.15, 0.2) is 36.2 Å². The Morgan fingerprint density at radius 3 is 2.57 bits per heavy atom. The van der Waals surface area contributed by atoms with Crippen LogP contribution in [0.5, 0.6) is 0 Å². The Kier molecular flexibility index (Phi) is 5.63. The standard InChI is InChI=1S/C23H27N5O2/c1-15-10-21-17(12-22(15)29)11-18(13-25-21)16(2)27-6-8-28(9-7-27)19-4-5-20(26-14-19)23(30)24-3/h4-5,10-11,13-14,16H,6-9,12H2,1-3H3,(H,24,30)/t16-/m0/s1. The third kappa shape index (κ3) is 3.98. The highest BCUT2D eigenvalue weighted by Gasteiger charge is 2.24. The fraction of sp³-hybridized carbons (Fsp3) is 0.391. The molecule has 0 bridgehead atoms. The number of pyridine rings is 2. The summed E-state index contributed by atoms with van der Waals surface area (Å²) >= 11 is 0. The average Bonchev–Trinajstić information content (AvgIpc) is 2.79. The van der Waals surface area contributed by atoms with Crippen LogP contribution in [0.3, 0.4) is 0 Å². The van der Waals surface area contributed by atoms with E-state index < -0.39 is 0 Å². The van der Waals surface area contributed by atoms with Crippen molar-refractivity contribution in [2.24, 2.45) is 0 Å². The van der Waals surface area contributed by atoms with Gasteiger partial charge in [0.1, 0.15) is 5.69 Å². The Balaban J connectivity index is 1.40. The molecule has 1 fully saturated rings. The first-order chi connectivity index (χ1) is 14.5. The molecule has 156 valence electrons. The molecule has 1 aliphatic carbocycles. The Morgan fingerprint density at radius 2 is 1.90 bits per heavy atom. The fourth-order valence-corrected chi connectivity index (χ4v) is 4.05. The van der Waals surface area contributed by atoms with E-state index in [1.165, 1.54) is 0 Å². The van der Waals surface area contributed by atoms with Crippen LogP contribution >= 0.6 is 0 Å². The van der Waals surface area contributed by atoms with Gasteiger partial charge in [0.2, 0.25) is 0 Å². The van der Waals surface area contributed by atoms with E-state index in [-0.39, 0.29) is 17.7 Å². The van der Waals surface area contributed by atoms with Crippen molar-refractivity contribution in [3.63, 3.8) is 0 Å². The molecule has 1 atom stereocenters. The zero-order valence-electron chi connectivity index (χ0n) is 17.7. The second-order valence-electron chi connectivity index (χ2n) is 7.92. The minimum Gasteiger partial charge on any atom is -0.368 e. The lowest BCUT2D eigenvalue weighted by atomic mass is 9.93. The van der Waals surface area contributed by atoms with Gasteiger partial charge in [-0.05, 0) is 48.8 Å². The topological polar surface area (TPSA) is 78.4 Å². The molecule has 0 spiro atoms. The number of nitrogens with zero attached hydrogens (tertiary/aromatic N) is 4. The Bertz CT molecular complexity index is 991. The number of hydrogen-bond acceptors (Lipinski definition) is 6. The number of fused-ring (bicyclic) bond motifs is 1. The first-order valence-electron chi connectivity index (χ1n) is 10.3. The number of nitrogens with one attached hydrogen (secondary N) is 1. The second-order valence-corrected chi connectivity index (χ2v) is 7.92. The maximum Gasteiger partial charge on any atom is 0.269 e. The van der Waals surface area contributed by atoms with E-state index in [0.717, 1.165) is 54.3 Å². The minimum atomic E-state index is -0.175. The average molecular weight is 406 g/mol. The summed E-state index contributed by atoms with van der Waals surface area (Å²) in [5, 5.41) is 2.59. The van der Waals surface area contributed by atoms with Crippen LogP contribution in [0.25, 0.3) is 6.08 Å². The van der Waals surface area contributed by atoms with Crippen LogP contribution < -0.4 is 10.2 Å². The molecule has 0 aromatic carbocycles. The van der Waals surface area contributed by atoms with Gasteiger partial charge in [-0.3, -0.25) is 19.5 Å². The Hall–Kier alpha value is -3.06. The number of Topliss-reactive ketones (excluding diaryl/α,β-unsaturated/α-hetero) is 1. The largest absolute Gasteiger partial charge is 0.368 e. The quantitative estimate of drug-likeness (QED) is 0.841. The zero-order valence-corrected chi connectivity index (χ0v) is 17.7. The molecule has 0 unspecified atom stereocenters.